The molecule has 0 aromatic carbocycles. The minimum atomic E-state index is 0.149. The van der Waals surface area contributed by atoms with Gasteiger partial charge in [0.2, 0.25) is 5.91 Å². The first-order valence-corrected chi connectivity index (χ1v) is 7.49. The molecule has 110 valence electrons. The molecule has 0 unspecified atom stereocenters. The van der Waals surface area contributed by atoms with Crippen LogP contribution in [0.5, 0.6) is 0 Å². The van der Waals surface area contributed by atoms with Crippen LogP contribution in [0, 0.1) is 5.92 Å². The number of carbonyl (C=O) groups excluding carboxylic acids is 1. The van der Waals surface area contributed by atoms with Crippen LogP contribution in [0.25, 0.3) is 0 Å². The Bertz CT molecular complexity index is 274. The number of methoxy groups -OCH3 is 1. The summed E-state index contributed by atoms with van der Waals surface area (Å²) in [6.07, 6.45) is 4.76. The largest absolute Gasteiger partial charge is 0.383 e. The molecule has 2 fully saturated rings. The highest BCUT2D eigenvalue weighted by molar-refractivity contribution is 5.78. The molecular formula is C14H27N3O2. The summed E-state index contributed by atoms with van der Waals surface area (Å²) >= 11 is 0. The average molecular weight is 269 g/mol. The van der Waals surface area contributed by atoms with Gasteiger partial charge in [-0.15, -0.1) is 0 Å². The highest BCUT2D eigenvalue weighted by atomic mass is 16.5. The first-order valence-electron chi connectivity index (χ1n) is 7.49. The summed E-state index contributed by atoms with van der Waals surface area (Å²) in [5.74, 6) is 0.979. The van der Waals surface area contributed by atoms with Gasteiger partial charge in [0.25, 0.3) is 0 Å². The van der Waals surface area contributed by atoms with Crippen molar-refractivity contribution in [3.63, 3.8) is 0 Å². The van der Waals surface area contributed by atoms with Gasteiger partial charge in [-0.05, 0) is 38.1 Å². The summed E-state index contributed by atoms with van der Waals surface area (Å²) in [6.45, 7) is 5.39. The lowest BCUT2D eigenvalue weighted by Gasteiger charge is -2.32. The molecule has 1 aliphatic heterocycles. The molecule has 1 aliphatic carbocycles. The molecule has 2 N–H and O–H groups in total. The number of piperidine rings is 1. The third kappa shape index (κ3) is 5.89. The lowest BCUT2D eigenvalue weighted by atomic mass is 10.1. The molecule has 0 atom stereocenters. The normalized spacial score (nSPS) is 21.5. The van der Waals surface area contributed by atoms with E-state index in [1.807, 2.05) is 0 Å². The van der Waals surface area contributed by atoms with Gasteiger partial charge >= 0.3 is 0 Å². The second-order valence-corrected chi connectivity index (χ2v) is 5.75. The van der Waals surface area contributed by atoms with Crippen molar-refractivity contribution in [3.8, 4) is 0 Å². The molecule has 5 heteroatoms. The van der Waals surface area contributed by atoms with Crippen molar-refractivity contribution >= 4 is 5.91 Å². The molecule has 5 nitrogen and oxygen atoms in total. The SMILES string of the molecule is COCCN1CCC(NC(=O)CNCC2CC2)CC1. The number of amides is 1. The number of carbonyl (C=O) groups is 1. The molecule has 0 aromatic rings. The second-order valence-electron chi connectivity index (χ2n) is 5.75. The number of hydrogen-bond donors (Lipinski definition) is 2. The molecule has 0 spiro atoms. The van der Waals surface area contributed by atoms with E-state index in [1.165, 1.54) is 12.8 Å². The second kappa shape index (κ2) is 7.82. The average Bonchev–Trinajstić information content (AvgIpc) is 3.22. The van der Waals surface area contributed by atoms with E-state index in [0.717, 1.165) is 51.5 Å². The summed E-state index contributed by atoms with van der Waals surface area (Å²) in [5.41, 5.74) is 0. The maximum Gasteiger partial charge on any atom is 0.234 e. The van der Waals surface area contributed by atoms with Crippen LogP contribution >= 0.6 is 0 Å². The van der Waals surface area contributed by atoms with Gasteiger partial charge in [0, 0.05) is 32.8 Å². The van der Waals surface area contributed by atoms with Gasteiger partial charge in [-0.2, -0.15) is 0 Å². The van der Waals surface area contributed by atoms with Crippen molar-refractivity contribution in [1.82, 2.24) is 15.5 Å². The number of ether oxygens (including phenoxy) is 1. The highest BCUT2D eigenvalue weighted by Gasteiger charge is 2.22. The number of nitrogens with one attached hydrogen (secondary N) is 2. The molecular weight excluding hydrogens is 242 g/mol. The van der Waals surface area contributed by atoms with Crippen LogP contribution in [-0.2, 0) is 9.53 Å². The van der Waals surface area contributed by atoms with Crippen LogP contribution in [0.1, 0.15) is 25.7 Å². The van der Waals surface area contributed by atoms with Crippen LogP contribution in [0.15, 0.2) is 0 Å². The highest BCUT2D eigenvalue weighted by Crippen LogP contribution is 2.27. The fraction of sp³-hybridized carbons (Fsp3) is 0.929. The van der Waals surface area contributed by atoms with Crippen molar-refractivity contribution < 1.29 is 9.53 Å². The van der Waals surface area contributed by atoms with E-state index in [9.17, 15) is 4.79 Å². The number of rotatable bonds is 8. The molecule has 1 saturated heterocycles. The molecule has 0 bridgehead atoms. The van der Waals surface area contributed by atoms with Crippen molar-refractivity contribution in [3.05, 3.63) is 0 Å². The smallest absolute Gasteiger partial charge is 0.234 e. The zero-order chi connectivity index (χ0) is 13.5. The van der Waals surface area contributed by atoms with E-state index in [4.69, 9.17) is 4.74 Å². The first kappa shape index (κ1) is 14.8. The zero-order valence-electron chi connectivity index (χ0n) is 12.0. The molecule has 0 aromatic heterocycles. The van der Waals surface area contributed by atoms with Crippen molar-refractivity contribution in [1.29, 1.82) is 0 Å². The molecule has 2 rings (SSSR count). The van der Waals surface area contributed by atoms with Crippen LogP contribution in [0.4, 0.5) is 0 Å². The predicted molar refractivity (Wildman–Crippen MR) is 75.1 cm³/mol. The third-order valence-corrected chi connectivity index (χ3v) is 3.98. The van der Waals surface area contributed by atoms with Crippen molar-refractivity contribution in [2.75, 3.05) is 46.4 Å². The molecule has 2 aliphatic rings. The standard InChI is InChI=1S/C14H27N3O2/c1-19-9-8-17-6-4-13(5-7-17)16-14(18)11-15-10-12-2-3-12/h12-13,15H,2-11H2,1H3,(H,16,18). The maximum absolute atomic E-state index is 11.8. The minimum absolute atomic E-state index is 0.149. The topological polar surface area (TPSA) is 53.6 Å². The fourth-order valence-electron chi connectivity index (χ4n) is 2.51. The lowest BCUT2D eigenvalue weighted by Crippen LogP contribution is -2.47. The van der Waals surface area contributed by atoms with Gasteiger partial charge in [-0.3, -0.25) is 4.79 Å². The van der Waals surface area contributed by atoms with Gasteiger partial charge in [-0.25, -0.2) is 0 Å². The quantitative estimate of drug-likeness (QED) is 0.661. The third-order valence-electron chi connectivity index (χ3n) is 3.98. The number of hydrogen-bond acceptors (Lipinski definition) is 4. The van der Waals surface area contributed by atoms with Gasteiger partial charge in [0.15, 0.2) is 0 Å². The van der Waals surface area contributed by atoms with Gasteiger partial charge < -0.3 is 20.3 Å². The number of likely N-dealkylation sites (tertiary alicyclic amines) is 1. The predicted octanol–water partition coefficient (Wildman–Crippen LogP) is 0.213. The van der Waals surface area contributed by atoms with Crippen molar-refractivity contribution in [2.45, 2.75) is 31.7 Å². The Kier molecular flexibility index (Phi) is 6.07. The summed E-state index contributed by atoms with van der Waals surface area (Å²) in [5, 5.41) is 6.36. The lowest BCUT2D eigenvalue weighted by molar-refractivity contribution is -0.121. The van der Waals surface area contributed by atoms with E-state index in [-0.39, 0.29) is 5.91 Å². The molecule has 1 saturated carbocycles. The Morgan fingerprint density at radius 1 is 1.26 bits per heavy atom. The van der Waals surface area contributed by atoms with Crippen molar-refractivity contribution in [2.24, 2.45) is 5.92 Å². The van der Waals surface area contributed by atoms with E-state index in [0.29, 0.717) is 12.6 Å². The minimum Gasteiger partial charge on any atom is -0.383 e. The summed E-state index contributed by atoms with van der Waals surface area (Å²) in [6, 6.07) is 0.356. The Morgan fingerprint density at radius 3 is 2.63 bits per heavy atom. The van der Waals surface area contributed by atoms with E-state index < -0.39 is 0 Å². The summed E-state index contributed by atoms with van der Waals surface area (Å²) in [4.78, 5) is 14.2. The summed E-state index contributed by atoms with van der Waals surface area (Å²) < 4.78 is 5.08. The molecule has 1 amide bonds. The van der Waals surface area contributed by atoms with Crippen LogP contribution in [-0.4, -0.2) is 63.3 Å². The molecule has 1 heterocycles. The Balaban J connectivity index is 1.52. The number of nitrogens with zero attached hydrogens (tertiary/aromatic N) is 1. The molecule has 19 heavy (non-hydrogen) atoms. The monoisotopic (exact) mass is 269 g/mol. The van der Waals surface area contributed by atoms with Crippen LogP contribution < -0.4 is 10.6 Å². The van der Waals surface area contributed by atoms with Gasteiger partial charge in [-0.1, -0.05) is 0 Å². The Morgan fingerprint density at radius 2 is 2.00 bits per heavy atom. The van der Waals surface area contributed by atoms with E-state index in [2.05, 4.69) is 15.5 Å². The Labute approximate surface area is 116 Å². The molecule has 0 radical (unpaired) electrons. The van der Waals surface area contributed by atoms with E-state index >= 15 is 0 Å². The maximum atomic E-state index is 11.8. The summed E-state index contributed by atoms with van der Waals surface area (Å²) in [7, 11) is 1.74. The zero-order valence-corrected chi connectivity index (χ0v) is 12.0. The fourth-order valence-corrected chi connectivity index (χ4v) is 2.51. The first-order chi connectivity index (χ1) is 9.28. The van der Waals surface area contributed by atoms with Gasteiger partial charge in [0.05, 0.1) is 13.2 Å². The van der Waals surface area contributed by atoms with Crippen LogP contribution in [0.2, 0.25) is 0 Å². The Hall–Kier alpha value is -0.650. The van der Waals surface area contributed by atoms with E-state index in [1.54, 1.807) is 7.11 Å². The van der Waals surface area contributed by atoms with Gasteiger partial charge in [0.1, 0.15) is 0 Å². The van der Waals surface area contributed by atoms with Crippen LogP contribution in [0.3, 0.4) is 0 Å².